The molecule has 1 aliphatic rings. The smallest absolute Gasteiger partial charge is 0.238 e. The standard InChI is InChI=1S/C22H26N4O2/c1-15-5-6-20-18(10-15)16(2)21(28-20)14-26-9-8-24-19(13-26)22(27)25-12-17-4-3-7-23-11-17/h3-7,10-11,19,24H,8-9,12-14H2,1-2H3,(H,25,27). The highest BCUT2D eigenvalue weighted by molar-refractivity contribution is 5.83. The van der Waals surface area contributed by atoms with E-state index in [0.717, 1.165) is 30.0 Å². The Kier molecular flexibility index (Phi) is 5.41. The first-order chi connectivity index (χ1) is 13.6. The second-order valence-electron chi connectivity index (χ2n) is 7.47. The van der Waals surface area contributed by atoms with Gasteiger partial charge in [-0.3, -0.25) is 14.7 Å². The van der Waals surface area contributed by atoms with Crippen LogP contribution in [0.15, 0.2) is 47.1 Å². The predicted molar refractivity (Wildman–Crippen MR) is 109 cm³/mol. The summed E-state index contributed by atoms with van der Waals surface area (Å²) in [5.74, 6) is 1.00. The number of hydrogen-bond donors (Lipinski definition) is 2. The molecule has 2 aromatic heterocycles. The molecule has 2 N–H and O–H groups in total. The number of carbonyl (C=O) groups excluding carboxylic acids is 1. The number of benzene rings is 1. The highest BCUT2D eigenvalue weighted by atomic mass is 16.3. The highest BCUT2D eigenvalue weighted by Gasteiger charge is 2.26. The van der Waals surface area contributed by atoms with E-state index in [1.165, 1.54) is 16.5 Å². The second kappa shape index (κ2) is 8.12. The summed E-state index contributed by atoms with van der Waals surface area (Å²) >= 11 is 0. The van der Waals surface area contributed by atoms with Crippen molar-refractivity contribution in [1.82, 2.24) is 20.5 Å². The fourth-order valence-corrected chi connectivity index (χ4v) is 3.68. The van der Waals surface area contributed by atoms with Gasteiger partial charge in [-0.15, -0.1) is 0 Å². The van der Waals surface area contributed by atoms with Crippen molar-refractivity contribution in [3.8, 4) is 0 Å². The lowest BCUT2D eigenvalue weighted by molar-refractivity contribution is -0.124. The van der Waals surface area contributed by atoms with Gasteiger partial charge in [0.1, 0.15) is 11.3 Å². The van der Waals surface area contributed by atoms with Crippen LogP contribution < -0.4 is 10.6 Å². The molecule has 146 valence electrons. The number of nitrogens with one attached hydrogen (secondary N) is 2. The average molecular weight is 378 g/mol. The average Bonchev–Trinajstić information content (AvgIpc) is 3.02. The van der Waals surface area contributed by atoms with Gasteiger partial charge >= 0.3 is 0 Å². The summed E-state index contributed by atoms with van der Waals surface area (Å²) in [5.41, 5.74) is 4.35. The first-order valence-corrected chi connectivity index (χ1v) is 9.71. The highest BCUT2D eigenvalue weighted by Crippen LogP contribution is 2.27. The molecule has 6 nitrogen and oxygen atoms in total. The lowest BCUT2D eigenvalue weighted by atomic mass is 10.1. The van der Waals surface area contributed by atoms with Crippen LogP contribution in [0.4, 0.5) is 0 Å². The largest absolute Gasteiger partial charge is 0.459 e. The van der Waals surface area contributed by atoms with Crippen LogP contribution in [0.5, 0.6) is 0 Å². The summed E-state index contributed by atoms with van der Waals surface area (Å²) in [6.07, 6.45) is 3.50. The Labute approximate surface area is 164 Å². The SMILES string of the molecule is Cc1ccc2oc(CN3CCNC(C(=O)NCc4cccnc4)C3)c(C)c2c1. The number of nitrogens with zero attached hydrogens (tertiary/aromatic N) is 2. The molecule has 1 saturated heterocycles. The molecular formula is C22H26N4O2. The van der Waals surface area contributed by atoms with Crippen molar-refractivity contribution in [3.63, 3.8) is 0 Å². The molecule has 0 aliphatic carbocycles. The fraction of sp³-hybridized carbons (Fsp3) is 0.364. The number of aromatic nitrogens is 1. The van der Waals surface area contributed by atoms with Gasteiger partial charge in [0.05, 0.1) is 12.6 Å². The number of fused-ring (bicyclic) bond motifs is 1. The Morgan fingerprint density at radius 1 is 1.36 bits per heavy atom. The van der Waals surface area contributed by atoms with Crippen LogP contribution in [0.1, 0.15) is 22.5 Å². The van der Waals surface area contributed by atoms with Crippen LogP contribution in [-0.4, -0.2) is 41.5 Å². The van der Waals surface area contributed by atoms with Crippen LogP contribution in [-0.2, 0) is 17.9 Å². The Morgan fingerprint density at radius 2 is 2.25 bits per heavy atom. The minimum absolute atomic E-state index is 0.0190. The molecular weight excluding hydrogens is 352 g/mol. The summed E-state index contributed by atoms with van der Waals surface area (Å²) < 4.78 is 6.09. The zero-order valence-corrected chi connectivity index (χ0v) is 16.4. The molecule has 4 rings (SSSR count). The normalized spacial score (nSPS) is 17.7. The lowest BCUT2D eigenvalue weighted by Gasteiger charge is -2.32. The third-order valence-electron chi connectivity index (χ3n) is 5.32. The van der Waals surface area contributed by atoms with Gasteiger partial charge in [0.15, 0.2) is 0 Å². The molecule has 1 unspecified atom stereocenters. The maximum Gasteiger partial charge on any atom is 0.238 e. The minimum Gasteiger partial charge on any atom is -0.459 e. The van der Waals surface area contributed by atoms with Gasteiger partial charge in [0.2, 0.25) is 5.91 Å². The lowest BCUT2D eigenvalue weighted by Crippen LogP contribution is -2.56. The van der Waals surface area contributed by atoms with Crippen molar-refractivity contribution in [2.45, 2.75) is 33.0 Å². The van der Waals surface area contributed by atoms with E-state index in [9.17, 15) is 4.79 Å². The van der Waals surface area contributed by atoms with E-state index in [1.807, 2.05) is 18.2 Å². The maximum absolute atomic E-state index is 12.6. The number of piperazine rings is 1. The van der Waals surface area contributed by atoms with Crippen molar-refractivity contribution >= 4 is 16.9 Å². The summed E-state index contributed by atoms with van der Waals surface area (Å²) in [5, 5.41) is 7.50. The van der Waals surface area contributed by atoms with Gasteiger partial charge in [-0.05, 0) is 43.2 Å². The summed E-state index contributed by atoms with van der Waals surface area (Å²) in [6.45, 7) is 7.75. The molecule has 1 amide bonds. The van der Waals surface area contributed by atoms with Gasteiger partial charge in [-0.25, -0.2) is 0 Å². The number of amides is 1. The zero-order chi connectivity index (χ0) is 19.5. The van der Waals surface area contributed by atoms with Crippen molar-refractivity contribution in [1.29, 1.82) is 0 Å². The molecule has 3 heterocycles. The second-order valence-corrected chi connectivity index (χ2v) is 7.47. The van der Waals surface area contributed by atoms with Crippen LogP contribution in [0.25, 0.3) is 11.0 Å². The molecule has 0 bridgehead atoms. The molecule has 0 radical (unpaired) electrons. The molecule has 1 aliphatic heterocycles. The van der Waals surface area contributed by atoms with Gasteiger partial charge in [0.25, 0.3) is 0 Å². The Balaban J connectivity index is 1.38. The molecule has 1 aromatic carbocycles. The van der Waals surface area contributed by atoms with Crippen molar-refractivity contribution in [2.24, 2.45) is 0 Å². The Hall–Kier alpha value is -2.70. The van der Waals surface area contributed by atoms with E-state index in [0.29, 0.717) is 19.6 Å². The van der Waals surface area contributed by atoms with E-state index >= 15 is 0 Å². The van der Waals surface area contributed by atoms with E-state index in [4.69, 9.17) is 4.42 Å². The van der Waals surface area contributed by atoms with E-state index in [-0.39, 0.29) is 11.9 Å². The van der Waals surface area contributed by atoms with Crippen LogP contribution in [0.2, 0.25) is 0 Å². The Bertz CT molecular complexity index is 967. The summed E-state index contributed by atoms with van der Waals surface area (Å²) in [7, 11) is 0. The number of aryl methyl sites for hydroxylation is 2. The quantitative estimate of drug-likeness (QED) is 0.714. The summed E-state index contributed by atoms with van der Waals surface area (Å²) in [4.78, 5) is 18.9. The molecule has 28 heavy (non-hydrogen) atoms. The zero-order valence-electron chi connectivity index (χ0n) is 16.4. The van der Waals surface area contributed by atoms with Crippen LogP contribution in [0, 0.1) is 13.8 Å². The monoisotopic (exact) mass is 378 g/mol. The van der Waals surface area contributed by atoms with Gasteiger partial charge in [-0.2, -0.15) is 0 Å². The molecule has 3 aromatic rings. The number of rotatable bonds is 5. The topological polar surface area (TPSA) is 70.4 Å². The van der Waals surface area contributed by atoms with Crippen molar-refractivity contribution in [2.75, 3.05) is 19.6 Å². The molecule has 0 saturated carbocycles. The van der Waals surface area contributed by atoms with E-state index in [1.54, 1.807) is 12.4 Å². The predicted octanol–water partition coefficient (Wildman–Crippen LogP) is 2.53. The van der Waals surface area contributed by atoms with E-state index < -0.39 is 0 Å². The van der Waals surface area contributed by atoms with Gasteiger partial charge < -0.3 is 15.1 Å². The minimum atomic E-state index is -0.225. The number of pyridine rings is 1. The Morgan fingerprint density at radius 3 is 3.07 bits per heavy atom. The maximum atomic E-state index is 12.6. The summed E-state index contributed by atoms with van der Waals surface area (Å²) in [6, 6.07) is 9.89. The van der Waals surface area contributed by atoms with Gasteiger partial charge in [0, 0.05) is 44.0 Å². The number of furan rings is 1. The van der Waals surface area contributed by atoms with Crippen LogP contribution >= 0.6 is 0 Å². The number of carbonyl (C=O) groups is 1. The molecule has 6 heteroatoms. The van der Waals surface area contributed by atoms with E-state index in [2.05, 4.69) is 46.5 Å². The van der Waals surface area contributed by atoms with Gasteiger partial charge in [-0.1, -0.05) is 17.7 Å². The molecule has 1 atom stereocenters. The molecule has 0 spiro atoms. The third kappa shape index (κ3) is 4.08. The fourth-order valence-electron chi connectivity index (χ4n) is 3.68. The van der Waals surface area contributed by atoms with Crippen molar-refractivity contribution < 1.29 is 9.21 Å². The first-order valence-electron chi connectivity index (χ1n) is 9.71. The van der Waals surface area contributed by atoms with Crippen LogP contribution in [0.3, 0.4) is 0 Å². The first kappa shape index (κ1) is 18.7. The number of hydrogen-bond acceptors (Lipinski definition) is 5. The molecule has 1 fully saturated rings. The third-order valence-corrected chi connectivity index (χ3v) is 5.32. The van der Waals surface area contributed by atoms with Crippen molar-refractivity contribution in [3.05, 3.63) is 65.2 Å².